The number of carbonyl (C=O) groups is 1. The Morgan fingerprint density at radius 1 is 1.21 bits per heavy atom. The van der Waals surface area contributed by atoms with E-state index in [9.17, 15) is 9.18 Å². The van der Waals surface area contributed by atoms with Crippen molar-refractivity contribution in [3.63, 3.8) is 0 Å². The average molecular weight is 400 g/mol. The molecule has 6 heteroatoms. The van der Waals surface area contributed by atoms with E-state index in [-0.39, 0.29) is 17.8 Å². The molecule has 1 aliphatic rings. The number of carbonyl (C=O) groups excluding carboxylic acids is 1. The quantitative estimate of drug-likeness (QED) is 0.774. The van der Waals surface area contributed by atoms with Gasteiger partial charge in [0.2, 0.25) is 0 Å². The van der Waals surface area contributed by atoms with E-state index in [4.69, 9.17) is 9.47 Å². The molecule has 1 aliphatic heterocycles. The monoisotopic (exact) mass is 400 g/mol. The summed E-state index contributed by atoms with van der Waals surface area (Å²) in [6.45, 7) is 7.09. The first-order valence-corrected chi connectivity index (χ1v) is 10.0. The summed E-state index contributed by atoms with van der Waals surface area (Å²) in [5.74, 6) is -0.124. The van der Waals surface area contributed by atoms with Gasteiger partial charge in [-0.3, -0.25) is 9.69 Å². The van der Waals surface area contributed by atoms with Crippen LogP contribution in [-0.4, -0.2) is 48.8 Å². The molecule has 0 radical (unpaired) electrons. The zero-order valence-corrected chi connectivity index (χ0v) is 17.1. The zero-order valence-electron chi connectivity index (χ0n) is 17.1. The Hall–Kier alpha value is -2.44. The average Bonchev–Trinajstić information content (AvgIpc) is 2.93. The molecule has 156 valence electrons. The number of halogens is 1. The van der Waals surface area contributed by atoms with Crippen LogP contribution < -0.4 is 10.1 Å². The second kappa shape index (κ2) is 9.85. The third-order valence-corrected chi connectivity index (χ3v) is 4.91. The van der Waals surface area contributed by atoms with Crippen LogP contribution in [0.5, 0.6) is 5.75 Å². The summed E-state index contributed by atoms with van der Waals surface area (Å²) in [7, 11) is 0. The lowest BCUT2D eigenvalue weighted by molar-refractivity contribution is -0.134. The van der Waals surface area contributed by atoms with Crippen molar-refractivity contribution in [2.75, 3.05) is 26.2 Å². The Morgan fingerprint density at radius 3 is 2.66 bits per heavy atom. The Labute approximate surface area is 171 Å². The second-order valence-corrected chi connectivity index (χ2v) is 7.84. The van der Waals surface area contributed by atoms with Gasteiger partial charge in [-0.1, -0.05) is 30.3 Å². The highest BCUT2D eigenvalue weighted by atomic mass is 19.1. The first-order chi connectivity index (χ1) is 13.9. The summed E-state index contributed by atoms with van der Waals surface area (Å²) in [5.41, 5.74) is 0.192. The molecular formula is C23H29FN2O3. The van der Waals surface area contributed by atoms with E-state index < -0.39 is 5.60 Å². The number of nitrogens with one attached hydrogen (secondary N) is 1. The van der Waals surface area contributed by atoms with Gasteiger partial charge in [0.05, 0.1) is 6.10 Å². The molecule has 3 rings (SSSR count). The number of benzene rings is 2. The van der Waals surface area contributed by atoms with Gasteiger partial charge in [0, 0.05) is 32.8 Å². The molecule has 29 heavy (non-hydrogen) atoms. The number of hydrogen-bond acceptors (Lipinski definition) is 4. The molecule has 2 aromatic rings. The van der Waals surface area contributed by atoms with Gasteiger partial charge < -0.3 is 14.8 Å². The van der Waals surface area contributed by atoms with Gasteiger partial charge >= 0.3 is 0 Å². The molecule has 5 nitrogen and oxygen atoms in total. The third kappa shape index (κ3) is 6.54. The van der Waals surface area contributed by atoms with Crippen LogP contribution in [0.1, 0.15) is 25.8 Å². The Morgan fingerprint density at radius 2 is 1.93 bits per heavy atom. The van der Waals surface area contributed by atoms with Crippen LogP contribution >= 0.6 is 0 Å². The van der Waals surface area contributed by atoms with Crippen molar-refractivity contribution in [3.8, 4) is 5.75 Å². The van der Waals surface area contributed by atoms with Crippen LogP contribution in [0.25, 0.3) is 0 Å². The summed E-state index contributed by atoms with van der Waals surface area (Å²) in [5, 5.41) is 2.95. The summed E-state index contributed by atoms with van der Waals surface area (Å²) < 4.78 is 24.7. The molecule has 0 aliphatic carbocycles. The van der Waals surface area contributed by atoms with E-state index in [2.05, 4.69) is 22.3 Å². The minimum Gasteiger partial charge on any atom is -0.478 e. The number of ether oxygens (including phenoxy) is 2. The topological polar surface area (TPSA) is 50.8 Å². The van der Waals surface area contributed by atoms with Gasteiger partial charge in [0.15, 0.2) is 5.60 Å². The van der Waals surface area contributed by atoms with E-state index in [0.29, 0.717) is 18.9 Å². The van der Waals surface area contributed by atoms with E-state index in [1.165, 1.54) is 29.8 Å². The lowest BCUT2D eigenvalue weighted by Gasteiger charge is -2.28. The minimum atomic E-state index is -1.08. The lowest BCUT2D eigenvalue weighted by Crippen LogP contribution is -2.49. The first kappa shape index (κ1) is 21.3. The fourth-order valence-corrected chi connectivity index (χ4v) is 3.34. The van der Waals surface area contributed by atoms with Gasteiger partial charge in [0.1, 0.15) is 11.6 Å². The second-order valence-electron chi connectivity index (χ2n) is 7.84. The SMILES string of the molecule is CC(C)(Oc1ccc(F)cc1)C(=O)NC[C@H]1CN(Cc2ccccc2)CCCO1. The fraction of sp³-hybridized carbons (Fsp3) is 0.435. The molecule has 2 aromatic carbocycles. The van der Waals surface area contributed by atoms with Crippen molar-refractivity contribution in [3.05, 3.63) is 66.0 Å². The highest BCUT2D eigenvalue weighted by Gasteiger charge is 2.31. The van der Waals surface area contributed by atoms with E-state index in [1.807, 2.05) is 18.2 Å². The highest BCUT2D eigenvalue weighted by Crippen LogP contribution is 2.19. The zero-order chi connectivity index (χ0) is 20.7. The van der Waals surface area contributed by atoms with E-state index in [0.717, 1.165) is 26.1 Å². The van der Waals surface area contributed by atoms with Crippen LogP contribution in [0, 0.1) is 5.82 Å². The van der Waals surface area contributed by atoms with Crippen LogP contribution in [0.4, 0.5) is 4.39 Å². The number of amides is 1. The largest absolute Gasteiger partial charge is 0.478 e. The molecule has 0 spiro atoms. The molecule has 1 heterocycles. The van der Waals surface area contributed by atoms with Crippen molar-refractivity contribution in [1.29, 1.82) is 0 Å². The summed E-state index contributed by atoms with van der Waals surface area (Å²) in [6.07, 6.45) is 0.892. The smallest absolute Gasteiger partial charge is 0.263 e. The van der Waals surface area contributed by atoms with Crippen molar-refractivity contribution in [2.24, 2.45) is 0 Å². The predicted octanol–water partition coefficient (Wildman–Crippen LogP) is 3.39. The van der Waals surface area contributed by atoms with E-state index >= 15 is 0 Å². The molecule has 0 saturated carbocycles. The van der Waals surface area contributed by atoms with Crippen LogP contribution in [0.3, 0.4) is 0 Å². The van der Waals surface area contributed by atoms with Crippen LogP contribution in [0.2, 0.25) is 0 Å². The number of hydrogen-bond donors (Lipinski definition) is 1. The maximum atomic E-state index is 13.1. The van der Waals surface area contributed by atoms with Crippen molar-refractivity contribution < 1.29 is 18.7 Å². The van der Waals surface area contributed by atoms with Gasteiger partial charge in [-0.05, 0) is 50.1 Å². The first-order valence-electron chi connectivity index (χ1n) is 10.0. The highest BCUT2D eigenvalue weighted by molar-refractivity contribution is 5.84. The molecule has 0 unspecified atom stereocenters. The van der Waals surface area contributed by atoms with Crippen LogP contribution in [-0.2, 0) is 16.1 Å². The van der Waals surface area contributed by atoms with Gasteiger partial charge in [-0.25, -0.2) is 4.39 Å². The predicted molar refractivity (Wildman–Crippen MR) is 110 cm³/mol. The molecular weight excluding hydrogens is 371 g/mol. The standard InChI is InChI=1S/C23H29FN2O3/c1-23(2,29-20-11-9-19(24)10-12-20)22(27)25-15-21-17-26(13-6-14-28-21)16-18-7-4-3-5-8-18/h3-5,7-12,21H,6,13-17H2,1-2H3,(H,25,27)/t21-/m0/s1. The van der Waals surface area contributed by atoms with Crippen molar-refractivity contribution >= 4 is 5.91 Å². The maximum Gasteiger partial charge on any atom is 0.263 e. The normalized spacial score (nSPS) is 18.1. The molecule has 1 atom stereocenters. The Kier molecular flexibility index (Phi) is 7.23. The number of rotatable bonds is 7. The van der Waals surface area contributed by atoms with E-state index in [1.54, 1.807) is 13.8 Å². The molecule has 1 amide bonds. The van der Waals surface area contributed by atoms with Crippen molar-refractivity contribution in [2.45, 2.75) is 38.5 Å². The van der Waals surface area contributed by atoms with Crippen LogP contribution in [0.15, 0.2) is 54.6 Å². The minimum absolute atomic E-state index is 0.0771. The Bertz CT molecular complexity index is 780. The van der Waals surface area contributed by atoms with Gasteiger partial charge in [-0.2, -0.15) is 0 Å². The summed E-state index contributed by atoms with van der Waals surface area (Å²) in [4.78, 5) is 15.0. The van der Waals surface area contributed by atoms with Gasteiger partial charge in [0.25, 0.3) is 5.91 Å². The molecule has 1 fully saturated rings. The molecule has 1 N–H and O–H groups in total. The molecule has 1 saturated heterocycles. The molecule has 0 aromatic heterocycles. The Balaban J connectivity index is 1.51. The fourth-order valence-electron chi connectivity index (χ4n) is 3.34. The molecule has 0 bridgehead atoms. The van der Waals surface area contributed by atoms with Crippen molar-refractivity contribution in [1.82, 2.24) is 10.2 Å². The third-order valence-electron chi connectivity index (χ3n) is 4.91. The maximum absolute atomic E-state index is 13.1. The lowest BCUT2D eigenvalue weighted by atomic mass is 10.1. The van der Waals surface area contributed by atoms with Gasteiger partial charge in [-0.15, -0.1) is 0 Å². The number of nitrogens with zero attached hydrogens (tertiary/aromatic N) is 1. The summed E-state index contributed by atoms with van der Waals surface area (Å²) in [6, 6.07) is 16.0. The summed E-state index contributed by atoms with van der Waals surface area (Å²) >= 11 is 0.